The molecule has 0 unspecified atom stereocenters. The molecule has 3 aromatic carbocycles. The Labute approximate surface area is 146 Å². The van der Waals surface area contributed by atoms with Gasteiger partial charge in [0.15, 0.2) is 5.60 Å². The van der Waals surface area contributed by atoms with Gasteiger partial charge >= 0.3 is 0 Å². The predicted molar refractivity (Wildman–Crippen MR) is 102 cm³/mol. The van der Waals surface area contributed by atoms with Crippen LogP contribution in [0, 0.1) is 0 Å². The highest BCUT2D eigenvalue weighted by Crippen LogP contribution is 2.44. The summed E-state index contributed by atoms with van der Waals surface area (Å²) < 4.78 is 6.76. The van der Waals surface area contributed by atoms with Gasteiger partial charge in [0.2, 0.25) is 0 Å². The van der Waals surface area contributed by atoms with Crippen LogP contribution in [0.5, 0.6) is 5.75 Å². The van der Waals surface area contributed by atoms with E-state index in [0.29, 0.717) is 0 Å². The summed E-state index contributed by atoms with van der Waals surface area (Å²) in [5, 5.41) is 1.11. The summed E-state index contributed by atoms with van der Waals surface area (Å²) in [5.74, 6) is 0.925. The zero-order valence-corrected chi connectivity index (χ0v) is 13.6. The molecule has 1 aliphatic heterocycles. The van der Waals surface area contributed by atoms with E-state index in [1.54, 1.807) is 0 Å². The fraction of sp³-hybridized carbons (Fsp3) is 0.0435. The molecule has 2 nitrogen and oxygen atoms in total. The van der Waals surface area contributed by atoms with Gasteiger partial charge in [0, 0.05) is 33.8 Å². The first-order valence-corrected chi connectivity index (χ1v) is 8.46. The lowest BCUT2D eigenvalue weighted by Crippen LogP contribution is -2.34. The summed E-state index contributed by atoms with van der Waals surface area (Å²) >= 11 is 0. The van der Waals surface area contributed by atoms with Gasteiger partial charge in [-0.1, -0.05) is 66.7 Å². The predicted octanol–water partition coefficient (Wildman–Crippen LogP) is 5.52. The third-order valence-electron chi connectivity index (χ3n) is 4.88. The molecule has 1 aliphatic rings. The molecule has 1 aromatic heterocycles. The number of hydrogen-bond acceptors (Lipinski definition) is 1. The first-order valence-electron chi connectivity index (χ1n) is 8.46. The molecule has 4 aromatic rings. The molecule has 120 valence electrons. The third kappa shape index (κ3) is 2.11. The maximum absolute atomic E-state index is 6.76. The van der Waals surface area contributed by atoms with Crippen molar-refractivity contribution in [3.8, 4) is 5.75 Å². The van der Waals surface area contributed by atoms with Crippen LogP contribution in [0.25, 0.3) is 17.0 Å². The third-order valence-corrected chi connectivity index (χ3v) is 4.88. The number of rotatable bonds is 2. The second kappa shape index (κ2) is 5.38. The number of H-pyrrole nitrogens is 1. The van der Waals surface area contributed by atoms with E-state index in [9.17, 15) is 0 Å². The van der Waals surface area contributed by atoms with Crippen molar-refractivity contribution in [2.45, 2.75) is 5.60 Å². The van der Waals surface area contributed by atoms with Crippen molar-refractivity contribution in [1.82, 2.24) is 4.98 Å². The first-order chi connectivity index (χ1) is 12.4. The van der Waals surface area contributed by atoms with Gasteiger partial charge in [0.25, 0.3) is 0 Å². The fourth-order valence-electron chi connectivity index (χ4n) is 3.62. The van der Waals surface area contributed by atoms with Crippen molar-refractivity contribution in [3.63, 3.8) is 0 Å². The van der Waals surface area contributed by atoms with Crippen LogP contribution in [0.3, 0.4) is 0 Å². The van der Waals surface area contributed by atoms with Crippen LogP contribution in [0.15, 0.2) is 91.1 Å². The monoisotopic (exact) mass is 323 g/mol. The van der Waals surface area contributed by atoms with E-state index in [4.69, 9.17) is 4.74 Å². The molecular weight excluding hydrogens is 306 g/mol. The van der Waals surface area contributed by atoms with Crippen LogP contribution in [-0.4, -0.2) is 4.98 Å². The van der Waals surface area contributed by atoms with E-state index in [1.807, 2.05) is 18.3 Å². The molecule has 2 heteroatoms. The van der Waals surface area contributed by atoms with E-state index in [0.717, 1.165) is 33.3 Å². The van der Waals surface area contributed by atoms with E-state index >= 15 is 0 Å². The number of aromatic nitrogens is 1. The summed E-state index contributed by atoms with van der Waals surface area (Å²) in [5.41, 5.74) is 3.81. The molecule has 0 spiro atoms. The maximum atomic E-state index is 6.76. The number of hydrogen-bond donors (Lipinski definition) is 1. The lowest BCUT2D eigenvalue weighted by atomic mass is 9.83. The molecule has 0 saturated carbocycles. The van der Waals surface area contributed by atoms with Gasteiger partial charge in [-0.05, 0) is 24.3 Å². The molecule has 0 fully saturated rings. The van der Waals surface area contributed by atoms with E-state index in [1.165, 1.54) is 0 Å². The smallest absolute Gasteiger partial charge is 0.178 e. The van der Waals surface area contributed by atoms with Gasteiger partial charge in [-0.15, -0.1) is 0 Å². The van der Waals surface area contributed by atoms with Crippen LogP contribution >= 0.6 is 0 Å². The van der Waals surface area contributed by atoms with Crippen LogP contribution in [-0.2, 0) is 5.60 Å². The largest absolute Gasteiger partial charge is 0.472 e. The summed E-state index contributed by atoms with van der Waals surface area (Å²) in [7, 11) is 0. The van der Waals surface area contributed by atoms with Crippen LogP contribution in [0.1, 0.15) is 16.7 Å². The second-order valence-electron chi connectivity index (χ2n) is 6.33. The maximum Gasteiger partial charge on any atom is 0.178 e. The van der Waals surface area contributed by atoms with Gasteiger partial charge in [-0.3, -0.25) is 0 Å². The molecule has 0 atom stereocenters. The zero-order valence-electron chi connectivity index (χ0n) is 13.6. The molecule has 0 saturated heterocycles. The zero-order chi connectivity index (χ0) is 16.7. The molecule has 0 amide bonds. The number of fused-ring (bicyclic) bond motifs is 3. The Morgan fingerprint density at radius 3 is 2.08 bits per heavy atom. The highest BCUT2D eigenvalue weighted by atomic mass is 16.5. The first kappa shape index (κ1) is 14.1. The van der Waals surface area contributed by atoms with E-state index < -0.39 is 5.60 Å². The highest BCUT2D eigenvalue weighted by Gasteiger charge is 2.37. The Morgan fingerprint density at radius 1 is 0.720 bits per heavy atom. The summed E-state index contributed by atoms with van der Waals surface area (Å²) in [6, 6.07) is 27.1. The molecule has 25 heavy (non-hydrogen) atoms. The van der Waals surface area contributed by atoms with Gasteiger partial charge in [0.05, 0.1) is 0 Å². The molecule has 1 N–H and O–H groups in total. The van der Waals surface area contributed by atoms with Gasteiger partial charge in [-0.2, -0.15) is 0 Å². The molecule has 0 radical (unpaired) electrons. The molecule has 2 heterocycles. The minimum Gasteiger partial charge on any atom is -0.472 e. The Kier molecular flexibility index (Phi) is 3.04. The minimum absolute atomic E-state index is 0.624. The fourth-order valence-corrected chi connectivity index (χ4v) is 3.62. The van der Waals surface area contributed by atoms with Crippen LogP contribution in [0.4, 0.5) is 0 Å². The number of nitrogens with one attached hydrogen (secondary N) is 1. The van der Waals surface area contributed by atoms with Crippen molar-refractivity contribution in [1.29, 1.82) is 0 Å². The topological polar surface area (TPSA) is 25.0 Å². The Morgan fingerprint density at radius 2 is 1.40 bits per heavy atom. The van der Waals surface area contributed by atoms with Crippen LogP contribution < -0.4 is 4.74 Å². The SMILES string of the molecule is C1=CC(c2ccccc2)(c2ccccc2)Oc2c1ccc1[nH]ccc21. The normalized spacial score (nSPS) is 14.9. The van der Waals surface area contributed by atoms with Crippen LogP contribution in [0.2, 0.25) is 0 Å². The van der Waals surface area contributed by atoms with Gasteiger partial charge in [0.1, 0.15) is 5.75 Å². The Balaban J connectivity index is 1.78. The van der Waals surface area contributed by atoms with Crippen molar-refractivity contribution in [3.05, 3.63) is 108 Å². The van der Waals surface area contributed by atoms with Crippen molar-refractivity contribution < 1.29 is 4.74 Å². The van der Waals surface area contributed by atoms with Crippen molar-refractivity contribution in [2.24, 2.45) is 0 Å². The minimum atomic E-state index is -0.624. The van der Waals surface area contributed by atoms with Crippen molar-refractivity contribution >= 4 is 17.0 Å². The van der Waals surface area contributed by atoms with Crippen molar-refractivity contribution in [2.75, 3.05) is 0 Å². The van der Waals surface area contributed by atoms with E-state index in [2.05, 4.69) is 83.9 Å². The average Bonchev–Trinajstić information content (AvgIpc) is 3.18. The lowest BCUT2D eigenvalue weighted by Gasteiger charge is -2.36. The second-order valence-corrected chi connectivity index (χ2v) is 6.33. The molecular formula is C23H17NO. The number of aromatic amines is 1. The average molecular weight is 323 g/mol. The van der Waals surface area contributed by atoms with Gasteiger partial charge < -0.3 is 9.72 Å². The summed E-state index contributed by atoms with van der Waals surface area (Å²) in [4.78, 5) is 3.27. The molecule has 5 rings (SSSR count). The standard InChI is InChI=1S/C23H17NO/c1-3-7-18(8-4-1)23(19-9-5-2-6-10-19)15-13-17-11-12-21-20(14-16-24-21)22(17)25-23/h1-16,24H. The molecule has 0 bridgehead atoms. The number of benzene rings is 3. The lowest BCUT2D eigenvalue weighted by molar-refractivity contribution is 0.163. The summed E-state index contributed by atoms with van der Waals surface area (Å²) in [6.45, 7) is 0. The molecule has 0 aliphatic carbocycles. The number of ether oxygens (including phenoxy) is 1. The Bertz CT molecular complexity index is 1020. The highest BCUT2D eigenvalue weighted by molar-refractivity contribution is 5.90. The van der Waals surface area contributed by atoms with E-state index in [-0.39, 0.29) is 0 Å². The van der Waals surface area contributed by atoms with Gasteiger partial charge in [-0.25, -0.2) is 0 Å². The quantitative estimate of drug-likeness (QED) is 0.516. The summed E-state index contributed by atoms with van der Waals surface area (Å²) in [6.07, 6.45) is 6.29. The Hall–Kier alpha value is -3.26.